The van der Waals surface area contributed by atoms with Crippen LogP contribution in [0.15, 0.2) is 0 Å². The number of rotatable bonds is 5. The van der Waals surface area contributed by atoms with Crippen LogP contribution in [0.2, 0.25) is 0 Å². The van der Waals surface area contributed by atoms with Gasteiger partial charge in [-0.05, 0) is 49.4 Å². The first-order chi connectivity index (χ1) is 9.60. The molecule has 21 heavy (non-hydrogen) atoms. The number of halogens is 2. The number of hydrogen-bond donors (Lipinski definition) is 2. The number of hydrogen-bond acceptors (Lipinski definition) is 4. The van der Waals surface area contributed by atoms with Crippen molar-refractivity contribution in [3.05, 3.63) is 0 Å². The third-order valence-corrected chi connectivity index (χ3v) is 5.69. The lowest BCUT2D eigenvalue weighted by Gasteiger charge is -2.45. The lowest BCUT2D eigenvalue weighted by atomic mass is 9.62. The summed E-state index contributed by atoms with van der Waals surface area (Å²) in [6, 6.07) is 0. The molecule has 0 aromatic heterocycles. The van der Waals surface area contributed by atoms with Crippen LogP contribution in [0.3, 0.4) is 0 Å². The van der Waals surface area contributed by atoms with Gasteiger partial charge in [-0.3, -0.25) is 4.55 Å². The highest BCUT2D eigenvalue weighted by Gasteiger charge is 2.45. The van der Waals surface area contributed by atoms with Crippen molar-refractivity contribution in [2.24, 2.45) is 23.7 Å². The molecular weight excluding hydrogens is 306 g/mol. The van der Waals surface area contributed by atoms with E-state index in [2.05, 4.69) is 0 Å². The third kappa shape index (κ3) is 3.91. The van der Waals surface area contributed by atoms with E-state index in [0.29, 0.717) is 18.3 Å². The van der Waals surface area contributed by atoms with Crippen molar-refractivity contribution in [3.8, 4) is 0 Å². The molecule has 8 heteroatoms. The van der Waals surface area contributed by atoms with Crippen molar-refractivity contribution in [2.75, 3.05) is 13.2 Å². The fourth-order valence-electron chi connectivity index (χ4n) is 3.85. The van der Waals surface area contributed by atoms with Crippen LogP contribution in [0.25, 0.3) is 0 Å². The summed E-state index contributed by atoms with van der Waals surface area (Å²) in [7, 11) is -5.44. The first kappa shape index (κ1) is 17.1. The van der Waals surface area contributed by atoms with E-state index in [-0.39, 0.29) is 24.5 Å². The van der Waals surface area contributed by atoms with Gasteiger partial charge in [-0.2, -0.15) is 17.2 Å². The molecule has 2 aliphatic rings. The quantitative estimate of drug-likeness (QED) is 0.753. The van der Waals surface area contributed by atoms with Gasteiger partial charge < -0.3 is 9.84 Å². The minimum atomic E-state index is -5.44. The minimum absolute atomic E-state index is 0.0242. The van der Waals surface area contributed by atoms with E-state index in [1.807, 2.05) is 6.92 Å². The summed E-state index contributed by atoms with van der Waals surface area (Å²) >= 11 is 0. The molecule has 5 nitrogen and oxygen atoms in total. The molecule has 0 spiro atoms. The summed E-state index contributed by atoms with van der Waals surface area (Å²) < 4.78 is 60.5. The Morgan fingerprint density at radius 3 is 2.52 bits per heavy atom. The number of fused-ring (bicyclic) bond motifs is 2. The Balaban J connectivity index is 1.90. The zero-order chi connectivity index (χ0) is 15.8. The van der Waals surface area contributed by atoms with Crippen LogP contribution in [0.4, 0.5) is 8.78 Å². The summed E-state index contributed by atoms with van der Waals surface area (Å²) in [5.41, 5.74) is 0. The van der Waals surface area contributed by atoms with Gasteiger partial charge in [0.25, 0.3) is 0 Å². The average Bonchev–Trinajstić information content (AvgIpc) is 2.30. The van der Waals surface area contributed by atoms with Crippen LogP contribution in [0.5, 0.6) is 0 Å². The smallest absolute Gasteiger partial charge is 0.392 e. The van der Waals surface area contributed by atoms with Gasteiger partial charge in [0.2, 0.25) is 0 Å². The highest BCUT2D eigenvalue weighted by atomic mass is 32.2. The van der Waals surface area contributed by atoms with Crippen LogP contribution >= 0.6 is 0 Å². The molecule has 2 saturated carbocycles. The first-order valence-corrected chi connectivity index (χ1v) is 8.65. The van der Waals surface area contributed by atoms with Gasteiger partial charge in [0.15, 0.2) is 0 Å². The summed E-state index contributed by atoms with van der Waals surface area (Å²) in [5.74, 6) is 1.03. The fraction of sp³-hybridized carbons (Fsp3) is 1.00. The van der Waals surface area contributed by atoms with E-state index in [1.165, 1.54) is 0 Å². The Bertz CT molecular complexity index is 463. The summed E-state index contributed by atoms with van der Waals surface area (Å²) in [6.45, 7) is 0.718. The fourth-order valence-corrected chi connectivity index (χ4v) is 4.08. The molecule has 2 aliphatic carbocycles. The summed E-state index contributed by atoms with van der Waals surface area (Å²) in [6.07, 6.45) is 2.99. The molecule has 0 heterocycles. The zero-order valence-corrected chi connectivity index (χ0v) is 12.7. The van der Waals surface area contributed by atoms with Gasteiger partial charge in [-0.1, -0.05) is 6.92 Å². The summed E-state index contributed by atoms with van der Waals surface area (Å²) in [4.78, 5) is 0. The van der Waals surface area contributed by atoms with Crippen LogP contribution in [-0.2, 0) is 14.9 Å². The van der Waals surface area contributed by atoms with E-state index >= 15 is 0 Å². The Morgan fingerprint density at radius 1 is 1.24 bits per heavy atom. The Labute approximate surface area is 123 Å². The second kappa shape index (κ2) is 6.06. The summed E-state index contributed by atoms with van der Waals surface area (Å²) in [5, 5.41) is 5.53. The van der Waals surface area contributed by atoms with Gasteiger partial charge >= 0.3 is 15.4 Å². The van der Waals surface area contributed by atoms with Gasteiger partial charge in [-0.25, -0.2) is 0 Å². The van der Waals surface area contributed by atoms with E-state index in [1.54, 1.807) is 0 Å². The molecule has 2 N–H and O–H groups in total. The van der Waals surface area contributed by atoms with Gasteiger partial charge in [0.1, 0.15) is 6.61 Å². The molecule has 5 atom stereocenters. The lowest BCUT2D eigenvalue weighted by molar-refractivity contribution is -0.0710. The highest BCUT2D eigenvalue weighted by molar-refractivity contribution is 7.86. The van der Waals surface area contributed by atoms with Gasteiger partial charge in [-0.15, -0.1) is 0 Å². The van der Waals surface area contributed by atoms with Crippen LogP contribution in [0, 0.1) is 23.7 Å². The molecule has 5 unspecified atom stereocenters. The van der Waals surface area contributed by atoms with Crippen LogP contribution < -0.4 is 0 Å². The van der Waals surface area contributed by atoms with Crippen molar-refractivity contribution >= 4 is 10.1 Å². The van der Waals surface area contributed by atoms with Crippen LogP contribution in [0.1, 0.15) is 32.6 Å². The zero-order valence-electron chi connectivity index (χ0n) is 11.9. The largest absolute Gasteiger partial charge is 0.393 e. The Hall–Kier alpha value is -0.310. The Morgan fingerprint density at radius 2 is 1.90 bits per heavy atom. The molecule has 2 bridgehead atoms. The molecule has 0 amide bonds. The number of aliphatic hydroxyl groups is 1. The predicted molar refractivity (Wildman–Crippen MR) is 71.4 cm³/mol. The van der Waals surface area contributed by atoms with Gasteiger partial charge in [0.05, 0.1) is 12.7 Å². The van der Waals surface area contributed by atoms with Crippen molar-refractivity contribution < 1.29 is 31.6 Å². The first-order valence-electron chi connectivity index (χ1n) is 7.21. The normalized spacial score (nSPS) is 37.5. The molecule has 2 fully saturated rings. The maximum atomic E-state index is 13.1. The monoisotopic (exact) mass is 328 g/mol. The molecule has 0 radical (unpaired) electrons. The molecule has 0 aliphatic heterocycles. The standard InChI is InChI=1S/C13H22F2O5S/c1-8-2-9-3-10(5-11(16)4-9)12(8)6-20-7-13(14,15)21(17,18)19/h8-12,16H,2-7H2,1H3,(H,17,18,19). The maximum Gasteiger partial charge on any atom is 0.392 e. The Kier molecular flexibility index (Phi) is 4.92. The van der Waals surface area contributed by atoms with E-state index < -0.39 is 22.0 Å². The van der Waals surface area contributed by atoms with Crippen molar-refractivity contribution in [3.63, 3.8) is 0 Å². The van der Waals surface area contributed by atoms with Crippen molar-refractivity contribution in [1.29, 1.82) is 0 Å². The predicted octanol–water partition coefficient (Wildman–Crippen LogP) is 1.92. The molecule has 0 aromatic carbocycles. The molecule has 124 valence electrons. The molecular formula is C13H22F2O5S. The number of aliphatic hydroxyl groups excluding tert-OH is 1. The number of alkyl halides is 2. The number of ether oxygens (including phenoxy) is 1. The lowest BCUT2D eigenvalue weighted by Crippen LogP contribution is -2.42. The SMILES string of the molecule is CC1CC2CC(O)CC(C2)C1COCC(F)(F)S(=O)(=O)O. The van der Waals surface area contributed by atoms with E-state index in [0.717, 1.165) is 19.3 Å². The minimum Gasteiger partial charge on any atom is -0.393 e. The molecule has 2 rings (SSSR count). The second-order valence-electron chi connectivity index (χ2n) is 6.49. The molecule has 0 saturated heterocycles. The highest BCUT2D eigenvalue weighted by Crippen LogP contribution is 2.46. The topological polar surface area (TPSA) is 83.8 Å². The average molecular weight is 328 g/mol. The van der Waals surface area contributed by atoms with E-state index in [9.17, 15) is 22.3 Å². The van der Waals surface area contributed by atoms with E-state index in [4.69, 9.17) is 9.29 Å². The van der Waals surface area contributed by atoms with Crippen LogP contribution in [-0.4, -0.2) is 42.6 Å². The van der Waals surface area contributed by atoms with Crippen molar-refractivity contribution in [1.82, 2.24) is 0 Å². The van der Waals surface area contributed by atoms with Gasteiger partial charge in [0, 0.05) is 0 Å². The second-order valence-corrected chi connectivity index (χ2v) is 8.04. The molecule has 0 aromatic rings. The maximum absolute atomic E-state index is 13.1. The third-order valence-electron chi connectivity index (χ3n) is 4.82. The van der Waals surface area contributed by atoms with Crippen molar-refractivity contribution in [2.45, 2.75) is 44.0 Å².